The molecule has 0 aliphatic heterocycles. The number of halogens is 3. The maximum Gasteiger partial charge on any atom is 0.244 e. The van der Waals surface area contributed by atoms with Gasteiger partial charge in [0, 0.05) is 4.47 Å². The number of carbonyl (C=O) groups is 1. The largest absolute Gasteiger partial charge is 0.322 e. The highest BCUT2D eigenvalue weighted by molar-refractivity contribution is 9.10. The van der Waals surface area contributed by atoms with Crippen molar-refractivity contribution in [3.05, 3.63) is 94.5 Å². The van der Waals surface area contributed by atoms with Gasteiger partial charge in [0.05, 0.1) is 5.69 Å². The van der Waals surface area contributed by atoms with Gasteiger partial charge in [-0.3, -0.25) is 4.79 Å². The highest BCUT2D eigenvalue weighted by Crippen LogP contribution is 2.20. The molecule has 0 saturated heterocycles. The van der Waals surface area contributed by atoms with Crippen LogP contribution >= 0.6 is 15.9 Å². The van der Waals surface area contributed by atoms with Crippen molar-refractivity contribution in [3.8, 4) is 0 Å². The van der Waals surface area contributed by atoms with Crippen molar-refractivity contribution in [3.63, 3.8) is 0 Å². The van der Waals surface area contributed by atoms with Gasteiger partial charge in [0.25, 0.3) is 0 Å². The third-order valence-corrected chi connectivity index (χ3v) is 6.21. The molecule has 1 amide bonds. The summed E-state index contributed by atoms with van der Waals surface area (Å²) in [4.78, 5) is 12.3. The average molecular weight is 495 g/mol. The second kappa shape index (κ2) is 9.46. The Bertz CT molecular complexity index is 1160. The lowest BCUT2D eigenvalue weighted by Gasteiger charge is -2.19. The molecular formula is C21H17BrF2N2O3S. The van der Waals surface area contributed by atoms with E-state index in [0.29, 0.717) is 10.0 Å². The monoisotopic (exact) mass is 494 g/mol. The van der Waals surface area contributed by atoms with E-state index in [-0.39, 0.29) is 12.1 Å². The minimum atomic E-state index is -4.35. The van der Waals surface area contributed by atoms with Crippen LogP contribution in [0, 0.1) is 11.6 Å². The van der Waals surface area contributed by atoms with E-state index in [1.807, 2.05) is 0 Å². The van der Waals surface area contributed by atoms with Crippen LogP contribution in [-0.4, -0.2) is 20.4 Å². The van der Waals surface area contributed by atoms with E-state index in [1.54, 1.807) is 30.3 Å². The summed E-state index contributed by atoms with van der Waals surface area (Å²) in [6.07, 6.45) is -0.0154. The minimum absolute atomic E-state index is 0.0154. The number of anilines is 1. The topological polar surface area (TPSA) is 75.3 Å². The van der Waals surface area contributed by atoms with Gasteiger partial charge in [0.2, 0.25) is 15.9 Å². The molecule has 3 aromatic carbocycles. The molecule has 0 fully saturated rings. The van der Waals surface area contributed by atoms with Gasteiger partial charge >= 0.3 is 0 Å². The van der Waals surface area contributed by atoms with Crippen LogP contribution in [0.4, 0.5) is 14.5 Å². The van der Waals surface area contributed by atoms with Crippen LogP contribution < -0.4 is 10.0 Å². The molecule has 30 heavy (non-hydrogen) atoms. The van der Waals surface area contributed by atoms with Gasteiger partial charge < -0.3 is 5.32 Å². The molecule has 0 radical (unpaired) electrons. The number of hydrogen-bond donors (Lipinski definition) is 2. The van der Waals surface area contributed by atoms with Crippen molar-refractivity contribution in [1.82, 2.24) is 4.72 Å². The number of amides is 1. The normalized spacial score (nSPS) is 12.4. The first kappa shape index (κ1) is 22.1. The van der Waals surface area contributed by atoms with Crippen LogP contribution in [-0.2, 0) is 21.2 Å². The number of nitrogens with one attached hydrogen (secondary N) is 2. The third kappa shape index (κ3) is 5.50. The van der Waals surface area contributed by atoms with Crippen molar-refractivity contribution in [2.24, 2.45) is 0 Å². The molecule has 9 heteroatoms. The molecule has 0 aliphatic carbocycles. The van der Waals surface area contributed by atoms with Crippen LogP contribution in [0.1, 0.15) is 5.56 Å². The fourth-order valence-corrected chi connectivity index (χ4v) is 4.37. The number of carbonyl (C=O) groups excluding carboxylic acids is 1. The number of hydrogen-bond acceptors (Lipinski definition) is 3. The van der Waals surface area contributed by atoms with Gasteiger partial charge in [0.1, 0.15) is 22.6 Å². The first-order valence-electron chi connectivity index (χ1n) is 8.83. The summed E-state index contributed by atoms with van der Waals surface area (Å²) in [6, 6.07) is 16.3. The van der Waals surface area contributed by atoms with Gasteiger partial charge in [-0.15, -0.1) is 0 Å². The molecule has 1 atom stereocenters. The average Bonchev–Trinajstić information content (AvgIpc) is 2.70. The van der Waals surface area contributed by atoms with E-state index in [2.05, 4.69) is 26.0 Å². The van der Waals surface area contributed by atoms with Crippen LogP contribution in [0.15, 0.2) is 82.2 Å². The lowest BCUT2D eigenvalue weighted by atomic mass is 10.1. The molecule has 2 N–H and O–H groups in total. The number of benzene rings is 3. The minimum Gasteiger partial charge on any atom is -0.322 e. The Morgan fingerprint density at radius 2 is 1.60 bits per heavy atom. The standard InChI is InChI=1S/C21H17BrF2N2O3S/c22-15-10-11-18(17(24)13-15)25-21(27)19(12-14-6-2-1-3-7-14)26-30(28,29)20-9-5-4-8-16(20)23/h1-11,13,19,26H,12H2,(H,25,27). The number of sulfonamides is 1. The highest BCUT2D eigenvalue weighted by atomic mass is 79.9. The lowest BCUT2D eigenvalue weighted by molar-refractivity contribution is -0.117. The summed E-state index contributed by atoms with van der Waals surface area (Å²) in [6.45, 7) is 0. The van der Waals surface area contributed by atoms with Gasteiger partial charge in [-0.1, -0.05) is 58.4 Å². The van der Waals surface area contributed by atoms with Gasteiger partial charge in [-0.25, -0.2) is 17.2 Å². The highest BCUT2D eigenvalue weighted by Gasteiger charge is 2.28. The summed E-state index contributed by atoms with van der Waals surface area (Å²) in [7, 11) is -4.35. The fraction of sp³-hybridized carbons (Fsp3) is 0.0952. The smallest absolute Gasteiger partial charge is 0.244 e. The molecule has 0 saturated carbocycles. The second-order valence-corrected chi connectivity index (χ2v) is 9.01. The van der Waals surface area contributed by atoms with E-state index < -0.39 is 38.5 Å². The summed E-state index contributed by atoms with van der Waals surface area (Å²) in [5.41, 5.74) is 0.566. The zero-order valence-corrected chi connectivity index (χ0v) is 17.9. The van der Waals surface area contributed by atoms with Crippen molar-refractivity contribution < 1.29 is 22.0 Å². The molecular weight excluding hydrogens is 478 g/mol. The molecule has 1 unspecified atom stereocenters. The maximum atomic E-state index is 14.1. The van der Waals surface area contributed by atoms with Crippen molar-refractivity contribution in [1.29, 1.82) is 0 Å². The second-order valence-electron chi connectivity index (χ2n) is 6.41. The summed E-state index contributed by atoms with van der Waals surface area (Å²) in [5.74, 6) is -2.41. The quantitative estimate of drug-likeness (QED) is 0.515. The van der Waals surface area contributed by atoms with Gasteiger partial charge in [0.15, 0.2) is 0 Å². The molecule has 156 valence electrons. The van der Waals surface area contributed by atoms with Crippen LogP contribution in [0.3, 0.4) is 0 Å². The molecule has 0 aliphatic rings. The summed E-state index contributed by atoms with van der Waals surface area (Å²) in [5, 5.41) is 2.39. The maximum absolute atomic E-state index is 14.1. The van der Waals surface area contributed by atoms with Crippen molar-refractivity contribution in [2.45, 2.75) is 17.4 Å². The van der Waals surface area contributed by atoms with Crippen LogP contribution in [0.2, 0.25) is 0 Å². The van der Waals surface area contributed by atoms with E-state index in [4.69, 9.17) is 0 Å². The van der Waals surface area contributed by atoms with Gasteiger partial charge in [-0.2, -0.15) is 4.72 Å². The Balaban J connectivity index is 1.90. The Hall–Kier alpha value is -2.62. The lowest BCUT2D eigenvalue weighted by Crippen LogP contribution is -2.45. The molecule has 0 heterocycles. The van der Waals surface area contributed by atoms with E-state index >= 15 is 0 Å². The van der Waals surface area contributed by atoms with E-state index in [1.165, 1.54) is 30.3 Å². The molecule has 0 bridgehead atoms. The van der Waals surface area contributed by atoms with E-state index in [0.717, 1.165) is 12.1 Å². The summed E-state index contributed by atoms with van der Waals surface area (Å²) >= 11 is 3.13. The van der Waals surface area contributed by atoms with Crippen molar-refractivity contribution in [2.75, 3.05) is 5.32 Å². The first-order chi connectivity index (χ1) is 14.3. The third-order valence-electron chi connectivity index (χ3n) is 4.21. The first-order valence-corrected chi connectivity index (χ1v) is 11.1. The molecule has 3 aromatic rings. The van der Waals surface area contributed by atoms with Crippen LogP contribution in [0.5, 0.6) is 0 Å². The zero-order chi connectivity index (χ0) is 21.7. The Kier molecular flexibility index (Phi) is 6.96. The molecule has 0 aromatic heterocycles. The Morgan fingerprint density at radius 1 is 0.933 bits per heavy atom. The number of rotatable bonds is 7. The SMILES string of the molecule is O=C(Nc1ccc(Br)cc1F)C(Cc1ccccc1)NS(=O)(=O)c1ccccc1F. The molecule has 0 spiro atoms. The van der Waals surface area contributed by atoms with Gasteiger partial charge in [-0.05, 0) is 42.3 Å². The Labute approximate surface area is 181 Å². The molecule has 3 rings (SSSR count). The predicted molar refractivity (Wildman–Crippen MR) is 113 cm³/mol. The van der Waals surface area contributed by atoms with E-state index in [9.17, 15) is 22.0 Å². The molecule has 5 nitrogen and oxygen atoms in total. The summed E-state index contributed by atoms with van der Waals surface area (Å²) < 4.78 is 56.3. The fourth-order valence-electron chi connectivity index (χ4n) is 2.76. The zero-order valence-electron chi connectivity index (χ0n) is 15.5. The predicted octanol–water partition coefficient (Wildman–Crippen LogP) is 4.26. The van der Waals surface area contributed by atoms with Crippen molar-refractivity contribution >= 4 is 37.5 Å². The Morgan fingerprint density at radius 3 is 2.27 bits per heavy atom. The van der Waals surface area contributed by atoms with Crippen LogP contribution in [0.25, 0.3) is 0 Å².